The lowest BCUT2D eigenvalue weighted by Crippen LogP contribution is -2.36. The Hall–Kier alpha value is -3.21. The zero-order valence-corrected chi connectivity index (χ0v) is 18.6. The minimum atomic E-state index is -4.68. The van der Waals surface area contributed by atoms with Crippen LogP contribution in [-0.4, -0.2) is 31.8 Å². The number of methoxy groups -OCH3 is 1. The van der Waals surface area contributed by atoms with Crippen LogP contribution in [0.5, 0.6) is 5.75 Å². The average Bonchev–Trinajstić information content (AvgIpc) is 2.71. The van der Waals surface area contributed by atoms with Crippen molar-refractivity contribution in [2.24, 2.45) is 0 Å². The number of nitrogens with zero attached hydrogens (tertiary/aromatic N) is 2. The molecule has 0 atom stereocenters. The molecule has 0 radical (unpaired) electrons. The molecule has 0 amide bonds. The number of carbonyl (C=O) groups excluding carboxylic acids is 1. The Morgan fingerprint density at radius 1 is 1.09 bits per heavy atom. The van der Waals surface area contributed by atoms with E-state index in [-0.39, 0.29) is 12.2 Å². The molecule has 0 heterocycles. The van der Waals surface area contributed by atoms with E-state index in [1.807, 2.05) is 24.3 Å². The van der Waals surface area contributed by atoms with Gasteiger partial charge < -0.3 is 14.4 Å². The maximum absolute atomic E-state index is 13.4. The molecule has 0 aliphatic heterocycles. The van der Waals surface area contributed by atoms with Gasteiger partial charge in [-0.05, 0) is 69.5 Å². The van der Waals surface area contributed by atoms with Crippen LogP contribution in [0.1, 0.15) is 43.9 Å². The van der Waals surface area contributed by atoms with Crippen LogP contribution in [0.3, 0.4) is 0 Å². The van der Waals surface area contributed by atoms with Gasteiger partial charge in [0.25, 0.3) is 0 Å². The van der Waals surface area contributed by atoms with E-state index in [1.165, 1.54) is 6.07 Å². The van der Waals surface area contributed by atoms with E-state index in [2.05, 4.69) is 0 Å². The first-order valence-electron chi connectivity index (χ1n) is 10.1. The van der Waals surface area contributed by atoms with Crippen LogP contribution in [0.25, 0.3) is 0 Å². The Morgan fingerprint density at radius 3 is 2.28 bits per heavy atom. The molecule has 0 N–H and O–H groups in total. The lowest BCUT2D eigenvalue weighted by Gasteiger charge is -2.27. The maximum atomic E-state index is 13.4. The molecule has 0 saturated carbocycles. The summed E-state index contributed by atoms with van der Waals surface area (Å²) in [6.45, 7) is 5.30. The third-order valence-corrected chi connectivity index (χ3v) is 4.59. The molecule has 0 aromatic heterocycles. The van der Waals surface area contributed by atoms with Gasteiger partial charge in [-0.15, -0.1) is 0 Å². The molecule has 2 aromatic rings. The van der Waals surface area contributed by atoms with E-state index >= 15 is 0 Å². The fraction of sp³-hybridized carbons (Fsp3) is 0.417. The highest BCUT2D eigenvalue weighted by Crippen LogP contribution is 2.34. The number of hydrogen-bond donors (Lipinski definition) is 0. The van der Waals surface area contributed by atoms with Crippen molar-refractivity contribution in [1.29, 1.82) is 5.26 Å². The minimum absolute atomic E-state index is 0.205. The Balaban J connectivity index is 2.23. The Kier molecular flexibility index (Phi) is 8.14. The Bertz CT molecular complexity index is 958. The molecule has 2 rings (SSSR count). The standard InChI is InChI=1S/C24H27F3N2O3/c1-23(2,3)32-22(30)16-29(13-5-6-17-7-11-20(31-4)12-8-17)19-10-9-18(15-28)21(14-19)24(25,26)27/h7-12,14H,5-6,13,16H2,1-4H3. The number of hydrogen-bond acceptors (Lipinski definition) is 5. The molecular formula is C24H27F3N2O3. The first-order chi connectivity index (χ1) is 14.9. The highest BCUT2D eigenvalue weighted by atomic mass is 19.4. The van der Waals surface area contributed by atoms with Crippen LogP contribution in [0, 0.1) is 11.3 Å². The first kappa shape index (κ1) is 25.1. The molecule has 0 saturated heterocycles. The number of halogens is 3. The van der Waals surface area contributed by atoms with Gasteiger partial charge in [-0.1, -0.05) is 12.1 Å². The number of rotatable bonds is 8. The van der Waals surface area contributed by atoms with Gasteiger partial charge in [-0.3, -0.25) is 4.79 Å². The van der Waals surface area contributed by atoms with E-state index in [4.69, 9.17) is 14.7 Å². The molecule has 32 heavy (non-hydrogen) atoms. The zero-order valence-electron chi connectivity index (χ0n) is 18.6. The second-order valence-electron chi connectivity index (χ2n) is 8.30. The van der Waals surface area contributed by atoms with E-state index in [0.29, 0.717) is 19.4 Å². The Morgan fingerprint density at radius 2 is 1.75 bits per heavy atom. The van der Waals surface area contributed by atoms with Crippen LogP contribution in [0.2, 0.25) is 0 Å². The highest BCUT2D eigenvalue weighted by molar-refractivity contribution is 5.76. The Labute approximate surface area is 186 Å². The van der Waals surface area contributed by atoms with E-state index in [0.717, 1.165) is 23.4 Å². The summed E-state index contributed by atoms with van der Waals surface area (Å²) in [5.74, 6) is 0.192. The summed E-state index contributed by atoms with van der Waals surface area (Å²) in [5, 5.41) is 9.04. The summed E-state index contributed by atoms with van der Waals surface area (Å²) < 4.78 is 50.8. The number of nitriles is 1. The SMILES string of the molecule is COc1ccc(CCCN(CC(=O)OC(C)(C)C)c2ccc(C#N)c(C(F)(F)F)c2)cc1. The predicted molar refractivity (Wildman–Crippen MR) is 116 cm³/mol. The monoisotopic (exact) mass is 448 g/mol. The third kappa shape index (κ3) is 7.49. The van der Waals surface area contributed by atoms with Crippen LogP contribution in [-0.2, 0) is 22.1 Å². The highest BCUT2D eigenvalue weighted by Gasteiger charge is 2.34. The fourth-order valence-electron chi connectivity index (χ4n) is 3.16. The summed E-state index contributed by atoms with van der Waals surface area (Å²) in [5.41, 5.74) is -0.956. The van der Waals surface area contributed by atoms with Crippen molar-refractivity contribution in [3.63, 3.8) is 0 Å². The first-order valence-corrected chi connectivity index (χ1v) is 10.1. The van der Waals surface area contributed by atoms with Gasteiger partial charge >= 0.3 is 12.1 Å². The van der Waals surface area contributed by atoms with Gasteiger partial charge in [0, 0.05) is 12.2 Å². The van der Waals surface area contributed by atoms with Crippen molar-refractivity contribution < 1.29 is 27.4 Å². The van der Waals surface area contributed by atoms with Crippen molar-refractivity contribution in [1.82, 2.24) is 0 Å². The van der Waals surface area contributed by atoms with Gasteiger partial charge in [-0.2, -0.15) is 18.4 Å². The number of carbonyl (C=O) groups is 1. The van der Waals surface area contributed by atoms with Crippen LogP contribution in [0.15, 0.2) is 42.5 Å². The molecule has 0 aliphatic carbocycles. The second kappa shape index (κ2) is 10.4. The van der Waals surface area contributed by atoms with E-state index < -0.39 is 28.9 Å². The second-order valence-corrected chi connectivity index (χ2v) is 8.30. The van der Waals surface area contributed by atoms with Gasteiger partial charge in [0.2, 0.25) is 0 Å². The average molecular weight is 448 g/mol. The molecule has 0 unspecified atom stereocenters. The van der Waals surface area contributed by atoms with Crippen molar-refractivity contribution in [2.45, 2.75) is 45.4 Å². The molecule has 0 aliphatic rings. The number of esters is 1. The lowest BCUT2D eigenvalue weighted by atomic mass is 10.1. The van der Waals surface area contributed by atoms with Crippen LogP contribution >= 0.6 is 0 Å². The molecule has 8 heteroatoms. The molecule has 0 fully saturated rings. The van der Waals surface area contributed by atoms with Gasteiger partial charge in [0.05, 0.1) is 24.3 Å². The van der Waals surface area contributed by atoms with E-state index in [9.17, 15) is 18.0 Å². The lowest BCUT2D eigenvalue weighted by molar-refractivity contribution is -0.153. The number of anilines is 1. The molecule has 172 valence electrons. The molecular weight excluding hydrogens is 421 g/mol. The molecule has 2 aromatic carbocycles. The number of ether oxygens (including phenoxy) is 2. The summed E-state index contributed by atoms with van der Waals surface area (Å²) in [6.07, 6.45) is -3.42. The van der Waals surface area contributed by atoms with Gasteiger partial charge in [0.15, 0.2) is 0 Å². The quantitative estimate of drug-likeness (QED) is 0.509. The number of alkyl halides is 3. The smallest absolute Gasteiger partial charge is 0.417 e. The normalized spacial score (nSPS) is 11.6. The summed E-state index contributed by atoms with van der Waals surface area (Å²) in [4.78, 5) is 13.9. The van der Waals surface area contributed by atoms with Crippen molar-refractivity contribution in [3.8, 4) is 11.8 Å². The van der Waals surface area contributed by atoms with Crippen LogP contribution < -0.4 is 9.64 Å². The topological polar surface area (TPSA) is 62.6 Å². The summed E-state index contributed by atoms with van der Waals surface area (Å²) in [6, 6.07) is 12.5. The van der Waals surface area contributed by atoms with Crippen molar-refractivity contribution in [2.75, 3.05) is 25.1 Å². The molecule has 5 nitrogen and oxygen atoms in total. The summed E-state index contributed by atoms with van der Waals surface area (Å²) >= 11 is 0. The summed E-state index contributed by atoms with van der Waals surface area (Å²) in [7, 11) is 1.58. The minimum Gasteiger partial charge on any atom is -0.497 e. The van der Waals surface area contributed by atoms with Crippen LogP contribution in [0.4, 0.5) is 18.9 Å². The number of aryl methyl sites for hydroxylation is 1. The fourth-order valence-corrected chi connectivity index (χ4v) is 3.16. The predicted octanol–water partition coefficient (Wildman–Crippen LogP) is 5.37. The van der Waals surface area contributed by atoms with Crippen molar-refractivity contribution >= 4 is 11.7 Å². The van der Waals surface area contributed by atoms with Gasteiger partial charge in [0.1, 0.15) is 17.9 Å². The third-order valence-electron chi connectivity index (χ3n) is 4.59. The number of benzene rings is 2. The van der Waals surface area contributed by atoms with Crippen molar-refractivity contribution in [3.05, 3.63) is 59.2 Å². The maximum Gasteiger partial charge on any atom is 0.417 e. The molecule has 0 spiro atoms. The van der Waals surface area contributed by atoms with Gasteiger partial charge in [-0.25, -0.2) is 0 Å². The largest absolute Gasteiger partial charge is 0.497 e. The van der Waals surface area contributed by atoms with E-state index in [1.54, 1.807) is 38.9 Å². The molecule has 0 bridgehead atoms. The zero-order chi connectivity index (χ0) is 23.9.